The second-order valence-electron chi connectivity index (χ2n) is 8.81. The number of carbonyl (C=O) groups is 2. The zero-order valence-corrected chi connectivity index (χ0v) is 19.1. The van der Waals surface area contributed by atoms with Gasteiger partial charge in [-0.2, -0.15) is 5.10 Å². The molecule has 0 fully saturated rings. The van der Waals surface area contributed by atoms with E-state index in [0.717, 1.165) is 21.6 Å². The molecular weight excluding hydrogens is 416 g/mol. The Kier molecular flexibility index (Phi) is 5.42. The molecule has 1 aliphatic heterocycles. The van der Waals surface area contributed by atoms with Gasteiger partial charge < -0.3 is 9.64 Å². The Balaban J connectivity index is 1.46. The fraction of sp³-hybridized carbons (Fsp3) is 0.476. The van der Waals surface area contributed by atoms with Crippen molar-refractivity contribution < 1.29 is 14.3 Å². The summed E-state index contributed by atoms with van der Waals surface area (Å²) in [5.74, 6) is -0.276. The third-order valence-corrected chi connectivity index (χ3v) is 5.79. The van der Waals surface area contributed by atoms with E-state index < -0.39 is 5.60 Å². The molecule has 3 aromatic rings. The first-order chi connectivity index (χ1) is 14.6. The number of nitrogens with zero attached hydrogens (tertiary/aromatic N) is 5. The average Bonchev–Trinajstić information content (AvgIpc) is 3.28. The number of hydrogen-bond acceptors (Lipinski definition) is 7. The van der Waals surface area contributed by atoms with Gasteiger partial charge in [0.2, 0.25) is 0 Å². The van der Waals surface area contributed by atoms with Gasteiger partial charge in [-0.1, -0.05) is 11.3 Å². The summed E-state index contributed by atoms with van der Waals surface area (Å²) in [4.78, 5) is 36.7. The van der Waals surface area contributed by atoms with Crippen LogP contribution < -0.4 is 5.32 Å². The molecule has 1 aliphatic rings. The molecule has 1 N–H and O–H groups in total. The van der Waals surface area contributed by atoms with E-state index in [2.05, 4.69) is 20.4 Å². The van der Waals surface area contributed by atoms with Crippen molar-refractivity contribution in [2.24, 2.45) is 0 Å². The van der Waals surface area contributed by atoms with Gasteiger partial charge in [-0.05, 0) is 40.7 Å². The summed E-state index contributed by atoms with van der Waals surface area (Å²) in [6.07, 6.45) is 3.56. The summed E-state index contributed by atoms with van der Waals surface area (Å²) in [6, 6.07) is 1.97. The van der Waals surface area contributed by atoms with Gasteiger partial charge in [0.25, 0.3) is 5.91 Å². The van der Waals surface area contributed by atoms with Crippen LogP contribution in [0.5, 0.6) is 0 Å². The zero-order chi connectivity index (χ0) is 22.3. The van der Waals surface area contributed by atoms with Gasteiger partial charge in [0.05, 0.1) is 24.0 Å². The lowest BCUT2D eigenvalue weighted by atomic mass is 10.2. The van der Waals surface area contributed by atoms with Crippen LogP contribution in [0.4, 0.5) is 9.93 Å². The van der Waals surface area contributed by atoms with Gasteiger partial charge in [0.15, 0.2) is 10.8 Å². The molecule has 0 unspecified atom stereocenters. The monoisotopic (exact) mass is 442 g/mol. The first kappa shape index (κ1) is 21.2. The highest BCUT2D eigenvalue weighted by Gasteiger charge is 2.28. The number of thiazole rings is 1. The van der Waals surface area contributed by atoms with Crippen molar-refractivity contribution in [3.8, 4) is 0 Å². The summed E-state index contributed by atoms with van der Waals surface area (Å²) < 4.78 is 7.28. The lowest BCUT2D eigenvalue weighted by molar-refractivity contribution is 0.0225. The summed E-state index contributed by atoms with van der Waals surface area (Å²) >= 11 is 1.38. The molecule has 0 spiro atoms. The van der Waals surface area contributed by atoms with Gasteiger partial charge in [-0.15, -0.1) is 0 Å². The molecule has 10 heteroatoms. The van der Waals surface area contributed by atoms with Crippen molar-refractivity contribution in [1.29, 1.82) is 0 Å². The topological polar surface area (TPSA) is 102 Å². The van der Waals surface area contributed by atoms with E-state index in [4.69, 9.17) is 4.74 Å². The molecule has 164 valence electrons. The highest BCUT2D eigenvalue weighted by molar-refractivity contribution is 7.15. The Morgan fingerprint density at radius 1 is 1.26 bits per heavy atom. The first-order valence-corrected chi connectivity index (χ1v) is 11.0. The number of fused-ring (bicyclic) bond motifs is 2. The summed E-state index contributed by atoms with van der Waals surface area (Å²) in [5.41, 5.74) is 1.56. The number of aromatic nitrogens is 4. The highest BCUT2D eigenvalue weighted by atomic mass is 32.1. The van der Waals surface area contributed by atoms with Crippen LogP contribution in [0.25, 0.3) is 11.0 Å². The van der Waals surface area contributed by atoms with E-state index >= 15 is 0 Å². The van der Waals surface area contributed by atoms with E-state index in [1.54, 1.807) is 23.4 Å². The summed E-state index contributed by atoms with van der Waals surface area (Å²) in [5, 5.41) is 8.52. The van der Waals surface area contributed by atoms with E-state index in [0.29, 0.717) is 30.2 Å². The van der Waals surface area contributed by atoms with Crippen LogP contribution in [0.3, 0.4) is 0 Å². The average molecular weight is 443 g/mol. The van der Waals surface area contributed by atoms with Crippen LogP contribution in [0, 0.1) is 0 Å². The van der Waals surface area contributed by atoms with Crippen molar-refractivity contribution in [3.05, 3.63) is 34.6 Å². The molecule has 0 radical (unpaired) electrons. The fourth-order valence-corrected chi connectivity index (χ4v) is 4.36. The van der Waals surface area contributed by atoms with Gasteiger partial charge in [0.1, 0.15) is 5.60 Å². The van der Waals surface area contributed by atoms with E-state index in [-0.39, 0.29) is 18.0 Å². The van der Waals surface area contributed by atoms with E-state index in [1.807, 2.05) is 39.3 Å². The van der Waals surface area contributed by atoms with Gasteiger partial charge in [0, 0.05) is 35.5 Å². The Morgan fingerprint density at radius 2 is 2.03 bits per heavy atom. The predicted molar refractivity (Wildman–Crippen MR) is 118 cm³/mol. The normalized spacial score (nSPS) is 14.1. The number of hydrogen-bond donors (Lipinski definition) is 1. The molecule has 0 saturated heterocycles. The van der Waals surface area contributed by atoms with Crippen molar-refractivity contribution >= 4 is 39.5 Å². The highest BCUT2D eigenvalue weighted by Crippen LogP contribution is 2.29. The van der Waals surface area contributed by atoms with Crippen LogP contribution in [0.15, 0.2) is 18.5 Å². The number of carbonyl (C=O) groups excluding carboxylic acids is 2. The van der Waals surface area contributed by atoms with Crippen LogP contribution in [0.1, 0.15) is 61.6 Å². The summed E-state index contributed by atoms with van der Waals surface area (Å²) in [7, 11) is 0. The number of nitrogens with one attached hydrogen (secondary N) is 1. The van der Waals surface area contributed by atoms with Crippen LogP contribution in [-0.2, 0) is 17.7 Å². The molecule has 9 nitrogen and oxygen atoms in total. The van der Waals surface area contributed by atoms with Crippen molar-refractivity contribution in [1.82, 2.24) is 24.6 Å². The number of anilines is 1. The Hall–Kier alpha value is -3.01. The smallest absolute Gasteiger partial charge is 0.410 e. The largest absolute Gasteiger partial charge is 0.444 e. The van der Waals surface area contributed by atoms with Crippen molar-refractivity contribution in [2.75, 3.05) is 11.9 Å². The second-order valence-corrected chi connectivity index (χ2v) is 9.90. The Morgan fingerprint density at radius 3 is 2.74 bits per heavy atom. The fourth-order valence-electron chi connectivity index (χ4n) is 3.34. The van der Waals surface area contributed by atoms with Crippen LogP contribution in [0.2, 0.25) is 0 Å². The maximum Gasteiger partial charge on any atom is 0.410 e. The lowest BCUT2D eigenvalue weighted by Crippen LogP contribution is -2.39. The standard InChI is InChI=1S/C21H26N6O3S/c1-12(2)27-17-13(10-23-27)8-14(9-22-17)18(28)25-19-24-15-6-7-26(11-16(15)31-19)20(29)30-21(3,4)5/h8-10,12H,6-7,11H2,1-5H3,(H,24,25,28). The number of pyridine rings is 1. The molecule has 31 heavy (non-hydrogen) atoms. The Bertz CT molecular complexity index is 1140. The SMILES string of the molecule is CC(C)n1ncc2cc(C(=O)Nc3nc4c(s3)CN(C(=O)OC(C)(C)C)CC4)cnc21. The molecule has 0 atom stereocenters. The number of rotatable bonds is 3. The lowest BCUT2D eigenvalue weighted by Gasteiger charge is -2.29. The molecule has 3 aromatic heterocycles. The molecular formula is C21H26N6O3S. The van der Waals surface area contributed by atoms with Gasteiger partial charge in [-0.25, -0.2) is 19.4 Å². The minimum atomic E-state index is -0.537. The van der Waals surface area contributed by atoms with E-state index in [1.165, 1.54) is 11.3 Å². The van der Waals surface area contributed by atoms with Gasteiger partial charge >= 0.3 is 6.09 Å². The summed E-state index contributed by atoms with van der Waals surface area (Å²) in [6.45, 7) is 10.6. The van der Waals surface area contributed by atoms with Gasteiger partial charge in [-0.3, -0.25) is 10.1 Å². The first-order valence-electron chi connectivity index (χ1n) is 10.2. The van der Waals surface area contributed by atoms with Crippen LogP contribution in [-0.4, -0.2) is 48.8 Å². The van der Waals surface area contributed by atoms with E-state index in [9.17, 15) is 9.59 Å². The molecule has 0 aliphatic carbocycles. The third kappa shape index (κ3) is 4.53. The molecule has 0 aromatic carbocycles. The molecule has 2 amide bonds. The molecule has 0 saturated carbocycles. The molecule has 0 bridgehead atoms. The second kappa shape index (κ2) is 7.92. The Labute approximate surface area is 184 Å². The van der Waals surface area contributed by atoms with Crippen molar-refractivity contribution in [2.45, 2.75) is 59.2 Å². The zero-order valence-electron chi connectivity index (χ0n) is 18.3. The predicted octanol–water partition coefficient (Wildman–Crippen LogP) is 4.01. The van der Waals surface area contributed by atoms with Crippen molar-refractivity contribution in [3.63, 3.8) is 0 Å². The maximum absolute atomic E-state index is 12.7. The quantitative estimate of drug-likeness (QED) is 0.657. The molecule has 4 rings (SSSR count). The minimum absolute atomic E-state index is 0.187. The molecule has 4 heterocycles. The number of amides is 2. The third-order valence-electron chi connectivity index (χ3n) is 4.79. The maximum atomic E-state index is 12.7. The minimum Gasteiger partial charge on any atom is -0.444 e. The number of ether oxygens (including phenoxy) is 1. The van der Waals surface area contributed by atoms with Crippen LogP contribution >= 0.6 is 11.3 Å².